The molecular weight excluding hydrogens is 330 g/mol. The second-order valence-corrected chi connectivity index (χ2v) is 5.21. The molecule has 0 saturated heterocycles. The van der Waals surface area contributed by atoms with Gasteiger partial charge in [-0.15, -0.1) is 0 Å². The maximum atomic E-state index is 12.1. The monoisotopic (exact) mass is 339 g/mol. The second kappa shape index (κ2) is 6.17. The second-order valence-electron chi connectivity index (χ2n) is 3.92. The highest BCUT2D eigenvalue weighted by Gasteiger charge is 2.11. The smallest absolute Gasteiger partial charge is 0.185 e. The first-order chi connectivity index (χ1) is 9.10. The van der Waals surface area contributed by atoms with E-state index in [1.54, 1.807) is 19.2 Å². The zero-order valence-corrected chi connectivity index (χ0v) is 12.5. The van der Waals surface area contributed by atoms with Crippen LogP contribution < -0.4 is 4.74 Å². The molecule has 0 aliphatic rings. The van der Waals surface area contributed by atoms with Crippen LogP contribution in [0.2, 0.25) is 5.02 Å². The van der Waals surface area contributed by atoms with E-state index in [1.807, 2.05) is 18.2 Å². The molecule has 0 bridgehead atoms. The number of Topliss-reactive ketones (excluding diaryl/α,β-unsaturated/α-hetero) is 1. The molecule has 0 unspecified atom stereocenters. The van der Waals surface area contributed by atoms with Crippen molar-refractivity contribution in [3.8, 4) is 5.75 Å². The zero-order valence-electron chi connectivity index (χ0n) is 10.2. The first-order valence-corrected chi connectivity index (χ1v) is 6.74. The van der Waals surface area contributed by atoms with E-state index in [2.05, 4.69) is 20.9 Å². The van der Waals surface area contributed by atoms with Crippen LogP contribution in [0.1, 0.15) is 16.1 Å². The zero-order chi connectivity index (χ0) is 13.8. The van der Waals surface area contributed by atoms with Crippen molar-refractivity contribution in [1.82, 2.24) is 4.98 Å². The van der Waals surface area contributed by atoms with Gasteiger partial charge in [0.25, 0.3) is 0 Å². The molecule has 0 atom stereocenters. The van der Waals surface area contributed by atoms with Gasteiger partial charge in [-0.05, 0) is 35.9 Å². The number of carbonyl (C=O) groups excluding carboxylic acids is 1. The normalized spacial score (nSPS) is 10.3. The van der Waals surface area contributed by atoms with Crippen LogP contribution in [0.25, 0.3) is 0 Å². The van der Waals surface area contributed by atoms with Gasteiger partial charge in [-0.2, -0.15) is 0 Å². The Labute approximate surface area is 124 Å². The fourth-order valence-electron chi connectivity index (χ4n) is 1.62. The third-order valence-electron chi connectivity index (χ3n) is 2.62. The lowest BCUT2D eigenvalue weighted by Gasteiger charge is -2.06. The molecule has 0 fully saturated rings. The minimum Gasteiger partial charge on any atom is -0.497 e. The maximum Gasteiger partial charge on any atom is 0.185 e. The largest absolute Gasteiger partial charge is 0.497 e. The first kappa shape index (κ1) is 14.0. The minimum atomic E-state index is -0.0642. The predicted molar refractivity (Wildman–Crippen MR) is 78.0 cm³/mol. The van der Waals surface area contributed by atoms with Gasteiger partial charge in [0.1, 0.15) is 11.4 Å². The van der Waals surface area contributed by atoms with Gasteiger partial charge in [0.2, 0.25) is 0 Å². The molecule has 2 aromatic rings. The molecule has 1 aromatic heterocycles. The Balaban J connectivity index is 2.21. The van der Waals surface area contributed by atoms with Crippen molar-refractivity contribution in [2.75, 3.05) is 7.11 Å². The number of benzene rings is 1. The van der Waals surface area contributed by atoms with Crippen molar-refractivity contribution in [3.05, 3.63) is 57.3 Å². The molecule has 2 rings (SSSR count). The van der Waals surface area contributed by atoms with Crippen molar-refractivity contribution < 1.29 is 9.53 Å². The summed E-state index contributed by atoms with van der Waals surface area (Å²) in [5.74, 6) is 0.653. The molecule has 0 radical (unpaired) electrons. The van der Waals surface area contributed by atoms with Gasteiger partial charge in [0.05, 0.1) is 12.1 Å². The summed E-state index contributed by atoms with van der Waals surface area (Å²) in [6.45, 7) is 0. The number of rotatable bonds is 4. The topological polar surface area (TPSA) is 39.2 Å². The van der Waals surface area contributed by atoms with Gasteiger partial charge >= 0.3 is 0 Å². The lowest BCUT2D eigenvalue weighted by atomic mass is 10.1. The van der Waals surface area contributed by atoms with Crippen molar-refractivity contribution >= 4 is 33.3 Å². The highest BCUT2D eigenvalue weighted by molar-refractivity contribution is 9.10. The van der Waals surface area contributed by atoms with E-state index >= 15 is 0 Å². The molecule has 0 spiro atoms. The van der Waals surface area contributed by atoms with Crippen LogP contribution in [0.5, 0.6) is 5.75 Å². The molecule has 1 aromatic carbocycles. The van der Waals surface area contributed by atoms with Crippen LogP contribution in [0, 0.1) is 0 Å². The van der Waals surface area contributed by atoms with Gasteiger partial charge in [-0.1, -0.05) is 27.5 Å². The first-order valence-electron chi connectivity index (χ1n) is 5.57. The van der Waals surface area contributed by atoms with Crippen molar-refractivity contribution in [2.24, 2.45) is 0 Å². The van der Waals surface area contributed by atoms with Crippen LogP contribution in [-0.4, -0.2) is 17.9 Å². The van der Waals surface area contributed by atoms with E-state index in [4.69, 9.17) is 16.3 Å². The molecular formula is C14H11BrClNO2. The summed E-state index contributed by atoms with van der Waals surface area (Å²) >= 11 is 9.17. The average molecular weight is 341 g/mol. The Morgan fingerprint density at radius 3 is 2.79 bits per heavy atom. The number of methoxy groups -OCH3 is 1. The third kappa shape index (κ3) is 3.55. The molecule has 1 heterocycles. The summed E-state index contributed by atoms with van der Waals surface area (Å²) in [5.41, 5.74) is 1.26. The van der Waals surface area contributed by atoms with E-state index in [0.29, 0.717) is 10.7 Å². The molecule has 0 aliphatic heterocycles. The van der Waals surface area contributed by atoms with Crippen LogP contribution in [0.4, 0.5) is 0 Å². The number of aromatic nitrogens is 1. The standard InChI is InChI=1S/C14H11BrClNO2/c1-19-11-3-4-12(15)9(6-11)7-14(18)13-5-2-10(16)8-17-13/h2-6,8H,7H2,1H3. The van der Waals surface area contributed by atoms with Gasteiger partial charge < -0.3 is 4.74 Å². The van der Waals surface area contributed by atoms with Gasteiger partial charge in [-0.3, -0.25) is 9.78 Å². The molecule has 0 amide bonds. The Morgan fingerprint density at radius 2 is 2.16 bits per heavy atom. The summed E-state index contributed by atoms with van der Waals surface area (Å²) in [4.78, 5) is 16.1. The van der Waals surface area contributed by atoms with Crippen LogP contribution in [0.3, 0.4) is 0 Å². The van der Waals surface area contributed by atoms with E-state index in [-0.39, 0.29) is 12.2 Å². The van der Waals surface area contributed by atoms with Crippen molar-refractivity contribution in [2.45, 2.75) is 6.42 Å². The Hall–Kier alpha value is -1.39. The summed E-state index contributed by atoms with van der Waals surface area (Å²) in [6, 6.07) is 8.80. The lowest BCUT2D eigenvalue weighted by molar-refractivity contribution is 0.0988. The SMILES string of the molecule is COc1ccc(Br)c(CC(=O)c2ccc(Cl)cn2)c1. The van der Waals surface area contributed by atoms with Crippen LogP contribution >= 0.6 is 27.5 Å². The minimum absolute atomic E-state index is 0.0642. The number of pyridine rings is 1. The number of hydrogen-bond donors (Lipinski definition) is 0. The fraction of sp³-hybridized carbons (Fsp3) is 0.143. The summed E-state index contributed by atoms with van der Waals surface area (Å²) in [7, 11) is 1.59. The lowest BCUT2D eigenvalue weighted by Crippen LogP contribution is -2.06. The Kier molecular flexibility index (Phi) is 4.56. The number of nitrogens with zero attached hydrogens (tertiary/aromatic N) is 1. The molecule has 0 aliphatic carbocycles. The molecule has 0 saturated carbocycles. The Morgan fingerprint density at radius 1 is 1.37 bits per heavy atom. The van der Waals surface area contributed by atoms with E-state index < -0.39 is 0 Å². The number of carbonyl (C=O) groups is 1. The summed E-state index contributed by atoms with van der Waals surface area (Å²) in [5, 5.41) is 0.513. The van der Waals surface area contributed by atoms with E-state index in [9.17, 15) is 4.79 Å². The summed E-state index contributed by atoms with van der Waals surface area (Å²) in [6.07, 6.45) is 1.72. The molecule has 0 N–H and O–H groups in total. The highest BCUT2D eigenvalue weighted by Crippen LogP contribution is 2.23. The molecule has 19 heavy (non-hydrogen) atoms. The number of ketones is 1. The van der Waals surface area contributed by atoms with Gasteiger partial charge in [-0.25, -0.2) is 0 Å². The summed E-state index contributed by atoms with van der Waals surface area (Å²) < 4.78 is 6.02. The van der Waals surface area contributed by atoms with Crippen molar-refractivity contribution in [3.63, 3.8) is 0 Å². The molecule has 5 heteroatoms. The average Bonchev–Trinajstić information content (AvgIpc) is 2.42. The number of ether oxygens (including phenoxy) is 1. The number of hydrogen-bond acceptors (Lipinski definition) is 3. The maximum absolute atomic E-state index is 12.1. The quantitative estimate of drug-likeness (QED) is 0.792. The van der Waals surface area contributed by atoms with Gasteiger partial charge in [0.15, 0.2) is 5.78 Å². The van der Waals surface area contributed by atoms with Crippen LogP contribution in [0.15, 0.2) is 41.0 Å². The fourth-order valence-corrected chi connectivity index (χ4v) is 2.12. The van der Waals surface area contributed by atoms with Crippen LogP contribution in [-0.2, 0) is 6.42 Å². The van der Waals surface area contributed by atoms with Gasteiger partial charge in [0, 0.05) is 17.1 Å². The number of halogens is 2. The Bertz CT molecular complexity index is 599. The molecule has 98 valence electrons. The van der Waals surface area contributed by atoms with E-state index in [1.165, 1.54) is 6.20 Å². The third-order valence-corrected chi connectivity index (χ3v) is 3.61. The molecule has 3 nitrogen and oxygen atoms in total. The van der Waals surface area contributed by atoms with Crippen molar-refractivity contribution in [1.29, 1.82) is 0 Å². The highest BCUT2D eigenvalue weighted by atomic mass is 79.9. The predicted octanol–water partition coefficient (Wildman–Crippen LogP) is 3.93. The van der Waals surface area contributed by atoms with E-state index in [0.717, 1.165) is 15.8 Å².